The van der Waals surface area contributed by atoms with E-state index in [0.29, 0.717) is 0 Å². The molecule has 0 unspecified atom stereocenters. The van der Waals surface area contributed by atoms with Crippen LogP contribution in [0.5, 0.6) is 0 Å². The molecule has 1 N–H and O–H groups in total. The lowest BCUT2D eigenvalue weighted by Crippen LogP contribution is -2.49. The minimum Gasteiger partial charge on any atom is -0.396 e. The van der Waals surface area contributed by atoms with E-state index in [1.54, 1.807) is 11.8 Å². The molecular formula is C22H30N4OS. The van der Waals surface area contributed by atoms with Gasteiger partial charge in [-0.2, -0.15) is 0 Å². The van der Waals surface area contributed by atoms with Crippen molar-refractivity contribution in [3.05, 3.63) is 35.9 Å². The number of aliphatic hydroxyl groups is 1. The summed E-state index contributed by atoms with van der Waals surface area (Å²) in [7, 11) is 0. The van der Waals surface area contributed by atoms with Crippen molar-refractivity contribution in [3.63, 3.8) is 0 Å². The Labute approximate surface area is 171 Å². The van der Waals surface area contributed by atoms with Crippen LogP contribution in [0.1, 0.15) is 62.8 Å². The van der Waals surface area contributed by atoms with Gasteiger partial charge in [-0.25, -0.2) is 0 Å². The maximum atomic E-state index is 9.26. The summed E-state index contributed by atoms with van der Waals surface area (Å²) >= 11 is 1.77. The van der Waals surface area contributed by atoms with Crippen LogP contribution in [0, 0.1) is 17.8 Å². The second-order valence-electron chi connectivity index (χ2n) is 9.24. The van der Waals surface area contributed by atoms with Crippen LogP contribution in [0.2, 0.25) is 0 Å². The van der Waals surface area contributed by atoms with Gasteiger partial charge >= 0.3 is 0 Å². The molecule has 2 aromatic heterocycles. The predicted molar refractivity (Wildman–Crippen MR) is 110 cm³/mol. The quantitative estimate of drug-likeness (QED) is 0.533. The van der Waals surface area contributed by atoms with Crippen LogP contribution in [-0.2, 0) is 17.7 Å². The van der Waals surface area contributed by atoms with Gasteiger partial charge in [0.15, 0.2) is 5.16 Å². The van der Waals surface area contributed by atoms with Gasteiger partial charge in [-0.05, 0) is 80.8 Å². The van der Waals surface area contributed by atoms with Crippen LogP contribution in [0.3, 0.4) is 0 Å². The topological polar surface area (TPSA) is 63.8 Å². The van der Waals surface area contributed by atoms with Gasteiger partial charge in [-0.1, -0.05) is 17.8 Å². The van der Waals surface area contributed by atoms with Crippen molar-refractivity contribution >= 4 is 11.8 Å². The van der Waals surface area contributed by atoms with Crippen LogP contribution in [0.15, 0.2) is 29.7 Å². The number of unbranched alkanes of at least 4 members (excludes halogenated alkanes) is 1. The van der Waals surface area contributed by atoms with Crippen LogP contribution in [-0.4, -0.2) is 31.5 Å². The largest absolute Gasteiger partial charge is 0.396 e. The van der Waals surface area contributed by atoms with E-state index in [1.165, 1.54) is 49.9 Å². The Bertz CT molecular complexity index is 771. The number of thioether (sulfide) groups is 1. The van der Waals surface area contributed by atoms with Gasteiger partial charge in [-0.15, -0.1) is 10.2 Å². The zero-order valence-electron chi connectivity index (χ0n) is 16.5. The van der Waals surface area contributed by atoms with Crippen molar-refractivity contribution in [1.82, 2.24) is 19.7 Å². The average Bonchev–Trinajstić information content (AvgIpc) is 3.10. The standard InChI is InChI=1S/C22H30N4OS/c27-7-2-1-6-26-20(22-11-17-8-18(12-22)10-19(9-17)13-22)24-25-21(26)28-15-16-4-3-5-23-14-16/h3-5,14,17-19,27H,1-2,6-13,15H2. The van der Waals surface area contributed by atoms with Gasteiger partial charge in [0.2, 0.25) is 0 Å². The van der Waals surface area contributed by atoms with Crippen molar-refractivity contribution in [2.75, 3.05) is 6.61 Å². The number of nitrogens with zero attached hydrogens (tertiary/aromatic N) is 4. The molecule has 0 spiro atoms. The van der Waals surface area contributed by atoms with Crippen molar-refractivity contribution in [2.24, 2.45) is 17.8 Å². The predicted octanol–water partition coefficient (Wildman–Crippen LogP) is 4.21. The first-order valence-electron chi connectivity index (χ1n) is 10.8. The molecule has 2 heterocycles. The molecule has 4 aliphatic rings. The molecule has 4 aliphatic carbocycles. The smallest absolute Gasteiger partial charge is 0.191 e. The lowest BCUT2D eigenvalue weighted by atomic mass is 9.49. The van der Waals surface area contributed by atoms with Crippen LogP contribution in [0.4, 0.5) is 0 Å². The summed E-state index contributed by atoms with van der Waals surface area (Å²) in [4.78, 5) is 4.23. The summed E-state index contributed by atoms with van der Waals surface area (Å²) in [6, 6.07) is 4.11. The number of aliphatic hydroxyl groups excluding tert-OH is 1. The highest BCUT2D eigenvalue weighted by molar-refractivity contribution is 7.98. The van der Waals surface area contributed by atoms with Gasteiger partial charge in [0.05, 0.1) is 0 Å². The maximum Gasteiger partial charge on any atom is 0.191 e. The molecule has 6 heteroatoms. The molecule has 150 valence electrons. The Morgan fingerprint density at radius 3 is 2.46 bits per heavy atom. The third-order valence-electron chi connectivity index (χ3n) is 7.11. The van der Waals surface area contributed by atoms with Crippen molar-refractivity contribution in [1.29, 1.82) is 0 Å². The van der Waals surface area contributed by atoms with Crippen LogP contribution in [0.25, 0.3) is 0 Å². The minimum atomic E-state index is 0.257. The molecule has 0 amide bonds. The Balaban J connectivity index is 1.42. The van der Waals surface area contributed by atoms with Crippen molar-refractivity contribution in [3.8, 4) is 0 Å². The number of hydrogen-bond acceptors (Lipinski definition) is 5. The SMILES string of the molecule is OCCCCn1c(SCc2cccnc2)nnc1C12CC3CC(CC(C3)C1)C2. The minimum absolute atomic E-state index is 0.257. The fraction of sp³-hybridized carbons (Fsp3) is 0.682. The molecule has 0 atom stereocenters. The molecule has 0 saturated heterocycles. The van der Waals surface area contributed by atoms with E-state index >= 15 is 0 Å². The first-order chi connectivity index (χ1) is 13.8. The fourth-order valence-corrected chi connectivity index (χ4v) is 7.29. The molecule has 4 fully saturated rings. The molecule has 4 saturated carbocycles. The summed E-state index contributed by atoms with van der Waals surface area (Å²) in [6.07, 6.45) is 13.8. The van der Waals surface area contributed by atoms with Crippen molar-refractivity contribution in [2.45, 2.75) is 74.2 Å². The maximum absolute atomic E-state index is 9.26. The summed E-state index contributed by atoms with van der Waals surface area (Å²) in [5, 5.41) is 19.8. The number of rotatable bonds is 8. The molecule has 4 bridgehead atoms. The highest BCUT2D eigenvalue weighted by Gasteiger charge is 2.53. The van der Waals surface area contributed by atoms with Gasteiger partial charge in [0.1, 0.15) is 5.82 Å². The molecule has 5 nitrogen and oxygen atoms in total. The summed E-state index contributed by atoms with van der Waals surface area (Å²) in [6.45, 7) is 1.17. The molecule has 0 aliphatic heterocycles. The molecule has 28 heavy (non-hydrogen) atoms. The fourth-order valence-electron chi connectivity index (χ4n) is 6.39. The number of hydrogen-bond donors (Lipinski definition) is 1. The first-order valence-corrected chi connectivity index (χ1v) is 11.8. The lowest BCUT2D eigenvalue weighted by molar-refractivity contribution is -0.0114. The Morgan fingerprint density at radius 1 is 1.07 bits per heavy atom. The Kier molecular flexibility index (Phi) is 5.18. The van der Waals surface area contributed by atoms with E-state index in [-0.39, 0.29) is 12.0 Å². The summed E-state index contributed by atoms with van der Waals surface area (Å²) in [5.41, 5.74) is 1.47. The summed E-state index contributed by atoms with van der Waals surface area (Å²) in [5.74, 6) is 4.83. The second-order valence-corrected chi connectivity index (χ2v) is 10.2. The van der Waals surface area contributed by atoms with Gasteiger partial charge < -0.3 is 9.67 Å². The van der Waals surface area contributed by atoms with E-state index in [2.05, 4.69) is 20.7 Å². The van der Waals surface area contributed by atoms with Gasteiger partial charge in [-0.3, -0.25) is 4.98 Å². The molecular weight excluding hydrogens is 368 g/mol. The first kappa shape index (κ1) is 18.6. The van der Waals surface area contributed by atoms with Gasteiger partial charge in [0.25, 0.3) is 0 Å². The van der Waals surface area contributed by atoms with E-state index in [0.717, 1.165) is 48.0 Å². The highest BCUT2D eigenvalue weighted by Crippen LogP contribution is 2.60. The highest BCUT2D eigenvalue weighted by atomic mass is 32.2. The molecule has 2 aromatic rings. The van der Waals surface area contributed by atoms with E-state index in [4.69, 9.17) is 5.10 Å². The summed E-state index contributed by atoms with van der Waals surface area (Å²) < 4.78 is 2.41. The van der Waals surface area contributed by atoms with Crippen LogP contribution >= 0.6 is 11.8 Å². The Hall–Kier alpha value is -1.40. The van der Waals surface area contributed by atoms with E-state index in [1.807, 2.05) is 18.5 Å². The van der Waals surface area contributed by atoms with Crippen LogP contribution < -0.4 is 0 Å². The van der Waals surface area contributed by atoms with Crippen molar-refractivity contribution < 1.29 is 5.11 Å². The molecule has 0 radical (unpaired) electrons. The van der Waals surface area contributed by atoms with Gasteiger partial charge in [0, 0.05) is 36.7 Å². The van der Waals surface area contributed by atoms with E-state index in [9.17, 15) is 5.11 Å². The lowest BCUT2D eigenvalue weighted by Gasteiger charge is -2.56. The third-order valence-corrected chi connectivity index (χ3v) is 8.15. The van der Waals surface area contributed by atoms with E-state index < -0.39 is 0 Å². The zero-order valence-corrected chi connectivity index (χ0v) is 17.3. The monoisotopic (exact) mass is 398 g/mol. The Morgan fingerprint density at radius 2 is 1.82 bits per heavy atom. The number of pyridine rings is 1. The number of aromatic nitrogens is 4. The normalized spacial score (nSPS) is 30.8. The second kappa shape index (κ2) is 7.79. The molecule has 0 aromatic carbocycles. The molecule has 6 rings (SSSR count). The zero-order chi connectivity index (χ0) is 19.0. The third kappa shape index (κ3) is 3.50. The average molecular weight is 399 g/mol.